The molecule has 0 aliphatic rings. The third kappa shape index (κ3) is 3.33. The predicted molar refractivity (Wildman–Crippen MR) is 91.9 cm³/mol. The number of likely N-dealkylation sites (N-methyl/N-ethyl adjacent to an activating group) is 1. The molecule has 3 aromatic rings. The first-order chi connectivity index (χ1) is 10.9. The quantitative estimate of drug-likeness (QED) is 0.703. The molecular formula is C17H14Cl2N2O2. The Labute approximate surface area is 143 Å². The Morgan fingerprint density at radius 1 is 1.17 bits per heavy atom. The van der Waals surface area contributed by atoms with Crippen LogP contribution in [0.1, 0.15) is 5.56 Å². The van der Waals surface area contributed by atoms with Gasteiger partial charge in [-0.2, -0.15) is 0 Å². The van der Waals surface area contributed by atoms with E-state index in [1.807, 2.05) is 24.3 Å². The first-order valence-corrected chi connectivity index (χ1v) is 7.74. The second kappa shape index (κ2) is 6.22. The van der Waals surface area contributed by atoms with Crippen LogP contribution in [0.5, 0.6) is 0 Å². The Balaban J connectivity index is 1.90. The summed E-state index contributed by atoms with van der Waals surface area (Å²) in [5.41, 5.74) is 2.88. The number of carbonyl (C=O) groups excluding carboxylic acids is 1. The number of oxazole rings is 1. The van der Waals surface area contributed by atoms with Gasteiger partial charge in [-0.25, -0.2) is 4.98 Å². The summed E-state index contributed by atoms with van der Waals surface area (Å²) in [4.78, 5) is 17.7. The summed E-state index contributed by atoms with van der Waals surface area (Å²) in [5.74, 6) is 0.524. The zero-order chi connectivity index (χ0) is 16.6. The third-order valence-corrected chi connectivity index (χ3v) is 3.96. The van der Waals surface area contributed by atoms with E-state index in [4.69, 9.17) is 27.6 Å². The fourth-order valence-electron chi connectivity index (χ4n) is 2.18. The number of carbonyl (C=O) groups is 1. The molecule has 1 aromatic heterocycles. The zero-order valence-electron chi connectivity index (χ0n) is 12.6. The molecule has 0 aliphatic carbocycles. The number of hydrogen-bond acceptors (Lipinski definition) is 3. The second-order valence-electron chi connectivity index (χ2n) is 5.42. The molecule has 0 unspecified atom stereocenters. The van der Waals surface area contributed by atoms with Gasteiger partial charge >= 0.3 is 0 Å². The molecule has 2 aromatic carbocycles. The summed E-state index contributed by atoms with van der Waals surface area (Å²) in [6, 6.07) is 10.9. The van der Waals surface area contributed by atoms with Gasteiger partial charge in [0.2, 0.25) is 11.8 Å². The van der Waals surface area contributed by atoms with Gasteiger partial charge in [0, 0.05) is 24.7 Å². The first-order valence-electron chi connectivity index (χ1n) is 6.99. The van der Waals surface area contributed by atoms with Gasteiger partial charge in [-0.1, -0.05) is 35.3 Å². The fourth-order valence-corrected chi connectivity index (χ4v) is 2.70. The van der Waals surface area contributed by atoms with Gasteiger partial charge in [0.1, 0.15) is 5.52 Å². The van der Waals surface area contributed by atoms with Crippen LogP contribution >= 0.6 is 23.2 Å². The zero-order valence-corrected chi connectivity index (χ0v) is 14.1. The normalized spacial score (nSPS) is 11.0. The smallest absolute Gasteiger partial charge is 0.227 e. The largest absolute Gasteiger partial charge is 0.435 e. The number of fused-ring (bicyclic) bond motifs is 1. The van der Waals surface area contributed by atoms with Crippen LogP contribution in [0.2, 0.25) is 10.0 Å². The predicted octanol–water partition coefficient (Wildman–Crippen LogP) is 4.43. The monoisotopic (exact) mass is 348 g/mol. The lowest BCUT2D eigenvalue weighted by molar-refractivity contribution is -0.127. The number of halogens is 2. The van der Waals surface area contributed by atoms with Crippen molar-refractivity contribution in [3.05, 3.63) is 52.0 Å². The summed E-state index contributed by atoms with van der Waals surface area (Å²) in [7, 11) is 3.48. The summed E-state index contributed by atoms with van der Waals surface area (Å²) in [6.07, 6.45) is 0.363. The highest BCUT2D eigenvalue weighted by Gasteiger charge is 2.12. The topological polar surface area (TPSA) is 46.3 Å². The maximum Gasteiger partial charge on any atom is 0.227 e. The minimum atomic E-state index is 0.0565. The van der Waals surface area contributed by atoms with Crippen molar-refractivity contribution in [2.75, 3.05) is 14.1 Å². The van der Waals surface area contributed by atoms with Gasteiger partial charge in [0.15, 0.2) is 5.58 Å². The number of nitrogens with zero attached hydrogens (tertiary/aromatic N) is 2. The van der Waals surface area contributed by atoms with Crippen molar-refractivity contribution < 1.29 is 9.21 Å². The molecule has 1 heterocycles. The highest BCUT2D eigenvalue weighted by molar-refractivity contribution is 6.38. The Kier molecular flexibility index (Phi) is 4.28. The lowest BCUT2D eigenvalue weighted by Gasteiger charge is -2.09. The summed E-state index contributed by atoms with van der Waals surface area (Å²) in [5, 5.41) is 0.944. The Morgan fingerprint density at radius 2 is 1.87 bits per heavy atom. The number of amides is 1. The number of rotatable bonds is 3. The lowest BCUT2D eigenvalue weighted by atomic mass is 10.1. The maximum atomic E-state index is 11.7. The van der Waals surface area contributed by atoms with Crippen LogP contribution in [0.4, 0.5) is 0 Å². The standard InChI is InChI=1S/C17H14Cl2N2O2/c1-21(2)15(22)7-10-3-5-11(6-4-10)17-20-14-9-12(18)8-13(19)16(14)23-17/h3-6,8-9H,7H2,1-2H3. The second-order valence-corrected chi connectivity index (χ2v) is 6.26. The Hall–Kier alpha value is -2.04. The van der Waals surface area contributed by atoms with Crippen LogP contribution in [-0.4, -0.2) is 29.9 Å². The average molecular weight is 349 g/mol. The van der Waals surface area contributed by atoms with Crippen LogP contribution in [-0.2, 0) is 11.2 Å². The molecule has 0 atom stereocenters. The van der Waals surface area contributed by atoms with Gasteiger partial charge < -0.3 is 9.32 Å². The van der Waals surface area contributed by atoms with Crippen LogP contribution in [0, 0.1) is 0 Å². The molecule has 23 heavy (non-hydrogen) atoms. The van der Waals surface area contributed by atoms with Crippen molar-refractivity contribution in [3.8, 4) is 11.5 Å². The molecule has 4 nitrogen and oxygen atoms in total. The van der Waals surface area contributed by atoms with E-state index in [0.717, 1.165) is 11.1 Å². The van der Waals surface area contributed by atoms with Gasteiger partial charge in [-0.05, 0) is 29.8 Å². The Bertz CT molecular complexity index is 870. The molecule has 118 valence electrons. The van der Waals surface area contributed by atoms with Gasteiger partial charge in [-0.15, -0.1) is 0 Å². The molecule has 0 saturated heterocycles. The molecule has 0 radical (unpaired) electrons. The molecule has 0 saturated carbocycles. The molecule has 3 rings (SSSR count). The summed E-state index contributed by atoms with van der Waals surface area (Å²) >= 11 is 12.1. The molecule has 0 N–H and O–H groups in total. The highest BCUT2D eigenvalue weighted by atomic mass is 35.5. The summed E-state index contributed by atoms with van der Waals surface area (Å²) in [6.45, 7) is 0. The molecule has 0 fully saturated rings. The number of aromatic nitrogens is 1. The minimum absolute atomic E-state index is 0.0565. The average Bonchev–Trinajstić information content (AvgIpc) is 2.92. The lowest BCUT2D eigenvalue weighted by Crippen LogP contribution is -2.23. The van der Waals surface area contributed by atoms with E-state index < -0.39 is 0 Å². The van der Waals surface area contributed by atoms with Crippen LogP contribution in [0.15, 0.2) is 40.8 Å². The van der Waals surface area contributed by atoms with Crippen LogP contribution in [0.25, 0.3) is 22.6 Å². The molecule has 0 spiro atoms. The van der Waals surface area contributed by atoms with Crippen molar-refractivity contribution in [1.29, 1.82) is 0 Å². The van der Waals surface area contributed by atoms with Crippen molar-refractivity contribution in [2.45, 2.75) is 6.42 Å². The van der Waals surface area contributed by atoms with Crippen molar-refractivity contribution >= 4 is 40.2 Å². The molecule has 0 aliphatic heterocycles. The molecule has 6 heteroatoms. The molecular weight excluding hydrogens is 335 g/mol. The summed E-state index contributed by atoms with van der Waals surface area (Å²) < 4.78 is 5.72. The van der Waals surface area contributed by atoms with E-state index in [0.29, 0.717) is 33.5 Å². The van der Waals surface area contributed by atoms with Gasteiger partial charge in [0.25, 0.3) is 0 Å². The van der Waals surface area contributed by atoms with E-state index in [9.17, 15) is 4.79 Å². The number of benzene rings is 2. The van der Waals surface area contributed by atoms with E-state index in [-0.39, 0.29) is 5.91 Å². The molecule has 0 bridgehead atoms. The van der Waals surface area contributed by atoms with E-state index in [1.165, 1.54) is 0 Å². The van der Waals surface area contributed by atoms with Crippen LogP contribution in [0.3, 0.4) is 0 Å². The van der Waals surface area contributed by atoms with Gasteiger partial charge in [0.05, 0.1) is 11.4 Å². The van der Waals surface area contributed by atoms with E-state index >= 15 is 0 Å². The SMILES string of the molecule is CN(C)C(=O)Cc1ccc(-c2nc3cc(Cl)cc(Cl)c3o2)cc1. The van der Waals surface area contributed by atoms with Crippen molar-refractivity contribution in [1.82, 2.24) is 9.88 Å². The molecule has 1 amide bonds. The minimum Gasteiger partial charge on any atom is -0.435 e. The highest BCUT2D eigenvalue weighted by Crippen LogP contribution is 2.31. The van der Waals surface area contributed by atoms with E-state index in [2.05, 4.69) is 4.98 Å². The number of hydrogen-bond donors (Lipinski definition) is 0. The van der Waals surface area contributed by atoms with Crippen molar-refractivity contribution in [2.24, 2.45) is 0 Å². The van der Waals surface area contributed by atoms with Crippen LogP contribution < -0.4 is 0 Å². The fraction of sp³-hybridized carbons (Fsp3) is 0.176. The maximum absolute atomic E-state index is 11.7. The van der Waals surface area contributed by atoms with Crippen molar-refractivity contribution in [3.63, 3.8) is 0 Å². The third-order valence-electron chi connectivity index (χ3n) is 3.46. The van der Waals surface area contributed by atoms with Gasteiger partial charge in [-0.3, -0.25) is 4.79 Å². The van der Waals surface area contributed by atoms with E-state index in [1.54, 1.807) is 31.1 Å². The Morgan fingerprint density at radius 3 is 2.52 bits per heavy atom. The first kappa shape index (κ1) is 15.8.